The zero-order valence-corrected chi connectivity index (χ0v) is 18.1. The van der Waals surface area contributed by atoms with E-state index in [2.05, 4.69) is 0 Å². The van der Waals surface area contributed by atoms with Gasteiger partial charge in [0.05, 0.1) is 6.42 Å². The number of anilines is 1. The highest BCUT2D eigenvalue weighted by Crippen LogP contribution is 2.10. The number of nitrogen functional groups attached to an aromatic ring is 1. The summed E-state index contributed by atoms with van der Waals surface area (Å²) in [6.07, 6.45) is -0.278. The van der Waals surface area contributed by atoms with Gasteiger partial charge < -0.3 is 10.5 Å². The minimum Gasteiger partial charge on any atom is -0.457 e. The van der Waals surface area contributed by atoms with Crippen molar-refractivity contribution < 1.29 is 19.1 Å². The largest absolute Gasteiger partial charge is 0.457 e. The highest BCUT2D eigenvalue weighted by molar-refractivity contribution is 6.01. The zero-order chi connectivity index (χ0) is 23.3. The summed E-state index contributed by atoms with van der Waals surface area (Å²) >= 11 is 0. The lowest BCUT2D eigenvalue weighted by atomic mass is 10.1. The molecule has 0 saturated carbocycles. The molecule has 1 heterocycles. The third-order valence-corrected chi connectivity index (χ3v) is 4.70. The Morgan fingerprint density at radius 1 is 1.03 bits per heavy atom. The third kappa shape index (κ3) is 5.78. The maximum atomic E-state index is 12.5. The number of benzene rings is 1. The van der Waals surface area contributed by atoms with E-state index in [9.17, 15) is 24.0 Å². The molecule has 31 heavy (non-hydrogen) atoms. The van der Waals surface area contributed by atoms with Gasteiger partial charge in [0.2, 0.25) is 5.78 Å². The lowest BCUT2D eigenvalue weighted by Gasteiger charge is -2.16. The van der Waals surface area contributed by atoms with Crippen LogP contribution in [0.4, 0.5) is 5.82 Å². The highest BCUT2D eigenvalue weighted by Gasteiger charge is 2.23. The number of ether oxygens (including phenoxy) is 1. The number of aromatic nitrogens is 2. The Bertz CT molecular complexity index is 1110. The molecule has 2 N–H and O–H groups in total. The molecule has 0 aliphatic heterocycles. The predicted octanol–water partition coefficient (Wildman–Crippen LogP) is 1.48. The van der Waals surface area contributed by atoms with Crippen LogP contribution >= 0.6 is 0 Å². The van der Waals surface area contributed by atoms with Crippen molar-refractivity contribution in [1.29, 1.82) is 0 Å². The van der Waals surface area contributed by atoms with Gasteiger partial charge in [0.25, 0.3) is 5.56 Å². The second-order valence-corrected chi connectivity index (χ2v) is 7.78. The number of carbonyl (C=O) groups is 3. The molecule has 0 spiro atoms. The topological polar surface area (TPSA) is 130 Å². The van der Waals surface area contributed by atoms with Gasteiger partial charge in [-0.05, 0) is 12.8 Å². The first-order valence-electron chi connectivity index (χ1n) is 9.90. The number of nitrogens with two attached hydrogens (primary N) is 1. The molecule has 0 aliphatic carbocycles. The lowest BCUT2D eigenvalue weighted by molar-refractivity contribution is -0.142. The summed E-state index contributed by atoms with van der Waals surface area (Å²) in [5.74, 6) is -1.99. The van der Waals surface area contributed by atoms with Crippen molar-refractivity contribution in [2.75, 3.05) is 12.3 Å². The van der Waals surface area contributed by atoms with Crippen molar-refractivity contribution >= 4 is 23.4 Å². The number of rotatable bonds is 9. The number of esters is 1. The van der Waals surface area contributed by atoms with E-state index in [4.69, 9.17) is 10.5 Å². The summed E-state index contributed by atoms with van der Waals surface area (Å²) in [5, 5.41) is 0. The Kier molecular flexibility index (Phi) is 7.68. The number of carbonyl (C=O) groups excluding carboxylic acids is 3. The van der Waals surface area contributed by atoms with Crippen molar-refractivity contribution in [3.63, 3.8) is 0 Å². The molecule has 9 heteroatoms. The fraction of sp³-hybridized carbons (Fsp3) is 0.409. The molecule has 0 bridgehead atoms. The minimum absolute atomic E-state index is 0.0457. The van der Waals surface area contributed by atoms with E-state index < -0.39 is 35.2 Å². The van der Waals surface area contributed by atoms with Crippen molar-refractivity contribution in [3.05, 3.63) is 61.8 Å². The van der Waals surface area contributed by atoms with Gasteiger partial charge in [-0.25, -0.2) is 4.79 Å². The first-order chi connectivity index (χ1) is 14.5. The van der Waals surface area contributed by atoms with E-state index in [0.29, 0.717) is 5.56 Å². The maximum Gasteiger partial charge on any atom is 0.332 e. The molecule has 0 fully saturated rings. The van der Waals surface area contributed by atoms with E-state index >= 15 is 0 Å². The molecular weight excluding hydrogens is 402 g/mol. The summed E-state index contributed by atoms with van der Waals surface area (Å²) < 4.78 is 6.89. The van der Waals surface area contributed by atoms with Gasteiger partial charge in [-0.15, -0.1) is 0 Å². The second kappa shape index (κ2) is 10.0. The van der Waals surface area contributed by atoms with Gasteiger partial charge in [0.1, 0.15) is 11.4 Å². The van der Waals surface area contributed by atoms with E-state index in [1.165, 1.54) is 7.05 Å². The Morgan fingerprint density at radius 2 is 1.65 bits per heavy atom. The fourth-order valence-electron chi connectivity index (χ4n) is 2.98. The molecular formula is C22H27N3O6. The molecule has 0 radical (unpaired) electrons. The smallest absolute Gasteiger partial charge is 0.332 e. The van der Waals surface area contributed by atoms with E-state index in [0.717, 1.165) is 14.7 Å². The van der Waals surface area contributed by atoms with Gasteiger partial charge in [0.15, 0.2) is 12.4 Å². The third-order valence-electron chi connectivity index (χ3n) is 4.70. The zero-order valence-electron chi connectivity index (χ0n) is 18.1. The Balaban J connectivity index is 2.05. The van der Waals surface area contributed by atoms with Crippen molar-refractivity contribution in [3.8, 4) is 0 Å². The quantitative estimate of drug-likeness (QED) is 0.472. The molecule has 0 saturated heterocycles. The molecule has 1 aromatic heterocycles. The molecule has 2 rings (SSSR count). The van der Waals surface area contributed by atoms with Gasteiger partial charge in [-0.1, -0.05) is 43.7 Å². The number of aryl methyl sites for hydroxylation is 1. The number of hydrogen-bond donors (Lipinski definition) is 1. The molecule has 0 unspecified atom stereocenters. The molecule has 0 aliphatic rings. The Labute approximate surface area is 179 Å². The van der Waals surface area contributed by atoms with Crippen molar-refractivity contribution in [2.45, 2.75) is 40.2 Å². The van der Waals surface area contributed by atoms with Crippen LogP contribution in [0.3, 0.4) is 0 Å². The van der Waals surface area contributed by atoms with Crippen molar-refractivity contribution in [1.82, 2.24) is 9.13 Å². The van der Waals surface area contributed by atoms with E-state index in [1.807, 2.05) is 20.8 Å². The number of hydrogen-bond acceptors (Lipinski definition) is 7. The summed E-state index contributed by atoms with van der Waals surface area (Å²) in [6, 6.07) is 6.95. The van der Waals surface area contributed by atoms with Gasteiger partial charge in [-0.2, -0.15) is 0 Å². The Hall–Kier alpha value is -3.49. The standard InChI is InChI=1S/C22H27N3O6/c1-13(2)11-25-20(23)19(21(29)24(4)22(25)30)17(27)12-31-18(28)10-9-16(26)15-7-5-14(3)6-8-15/h5-8,13H,9-12,23H2,1-4H3. The van der Waals surface area contributed by atoms with Crippen LogP contribution in [0, 0.1) is 12.8 Å². The van der Waals surface area contributed by atoms with Crippen LogP contribution in [0.25, 0.3) is 0 Å². The number of ketones is 2. The van der Waals surface area contributed by atoms with E-state index in [1.54, 1.807) is 24.3 Å². The van der Waals surface area contributed by atoms with E-state index in [-0.39, 0.29) is 36.9 Å². The highest BCUT2D eigenvalue weighted by atomic mass is 16.5. The first kappa shape index (κ1) is 23.8. The minimum atomic E-state index is -0.849. The summed E-state index contributed by atoms with van der Waals surface area (Å²) in [6.45, 7) is 5.13. The van der Waals surface area contributed by atoms with Crippen LogP contribution in [0.1, 0.15) is 53.0 Å². The normalized spacial score (nSPS) is 10.9. The van der Waals surface area contributed by atoms with Crippen LogP contribution < -0.4 is 17.0 Å². The van der Waals surface area contributed by atoms with Gasteiger partial charge >= 0.3 is 11.7 Å². The molecule has 0 amide bonds. The van der Waals surface area contributed by atoms with Crippen LogP contribution in [0.2, 0.25) is 0 Å². The number of Topliss-reactive ketones (excluding diaryl/α,β-unsaturated/α-hetero) is 2. The Morgan fingerprint density at radius 3 is 2.23 bits per heavy atom. The average molecular weight is 429 g/mol. The molecule has 2 aromatic rings. The fourth-order valence-corrected chi connectivity index (χ4v) is 2.98. The molecule has 0 atom stereocenters. The summed E-state index contributed by atoms with van der Waals surface area (Å²) in [5.41, 5.74) is 5.55. The summed E-state index contributed by atoms with van der Waals surface area (Å²) in [7, 11) is 1.25. The SMILES string of the molecule is Cc1ccc(C(=O)CCC(=O)OCC(=O)c2c(N)n(CC(C)C)c(=O)n(C)c2=O)cc1. The maximum absolute atomic E-state index is 12.5. The van der Waals surface area contributed by atoms with Crippen LogP contribution in [0.15, 0.2) is 33.9 Å². The predicted molar refractivity (Wildman–Crippen MR) is 115 cm³/mol. The van der Waals surface area contributed by atoms with Crippen LogP contribution in [-0.4, -0.2) is 33.3 Å². The van der Waals surface area contributed by atoms with Crippen molar-refractivity contribution in [2.24, 2.45) is 13.0 Å². The van der Waals surface area contributed by atoms with Crippen LogP contribution in [-0.2, 0) is 23.1 Å². The number of nitrogens with zero attached hydrogens (tertiary/aromatic N) is 2. The average Bonchev–Trinajstić information content (AvgIpc) is 2.72. The first-order valence-corrected chi connectivity index (χ1v) is 9.90. The van der Waals surface area contributed by atoms with Gasteiger partial charge in [0, 0.05) is 25.6 Å². The van der Waals surface area contributed by atoms with Gasteiger partial charge in [-0.3, -0.25) is 28.3 Å². The molecule has 9 nitrogen and oxygen atoms in total. The monoisotopic (exact) mass is 429 g/mol. The lowest BCUT2D eigenvalue weighted by Crippen LogP contribution is -2.43. The molecule has 1 aromatic carbocycles. The second-order valence-electron chi connectivity index (χ2n) is 7.78. The summed E-state index contributed by atoms with van der Waals surface area (Å²) in [4.78, 5) is 61.3. The molecule has 166 valence electrons. The van der Waals surface area contributed by atoms with Crippen LogP contribution in [0.5, 0.6) is 0 Å².